The zero-order valence-electron chi connectivity index (χ0n) is 14.8. The Kier molecular flexibility index (Phi) is 3.55. The Labute approximate surface area is 157 Å². The molecule has 1 aliphatic heterocycles. The maximum atomic E-state index is 14.2. The highest BCUT2D eigenvalue weighted by Gasteiger charge is 2.37. The third-order valence-electron chi connectivity index (χ3n) is 5.19. The molecule has 28 heavy (non-hydrogen) atoms. The number of rotatable bonds is 2. The van der Waals surface area contributed by atoms with Gasteiger partial charge in [0.05, 0.1) is 23.0 Å². The summed E-state index contributed by atoms with van der Waals surface area (Å²) >= 11 is 0. The summed E-state index contributed by atoms with van der Waals surface area (Å²) in [6.07, 6.45) is 3.49. The molecule has 2 unspecified atom stereocenters. The van der Waals surface area contributed by atoms with E-state index in [2.05, 4.69) is 20.5 Å². The molecule has 0 bridgehead atoms. The molecule has 0 radical (unpaired) electrons. The number of hydrogen-bond acceptors (Lipinski definition) is 4. The van der Waals surface area contributed by atoms with E-state index in [9.17, 15) is 13.6 Å². The molecule has 2 aromatic heterocycles. The van der Waals surface area contributed by atoms with Crippen LogP contribution < -0.4 is 10.9 Å². The van der Waals surface area contributed by atoms with Crippen LogP contribution in [-0.4, -0.2) is 19.7 Å². The maximum absolute atomic E-state index is 14.2. The molecule has 0 amide bonds. The Balaban J connectivity index is 1.83. The SMILES string of the molecule is Cn1ccnc1C1Nc2cc(F)cc3c(=O)[nH]nc(c23)C1c1ccc(F)cc1. The first-order valence-corrected chi connectivity index (χ1v) is 8.74. The summed E-state index contributed by atoms with van der Waals surface area (Å²) < 4.78 is 29.5. The maximum Gasteiger partial charge on any atom is 0.272 e. The van der Waals surface area contributed by atoms with Crippen LogP contribution in [0.1, 0.15) is 29.0 Å². The molecule has 1 aliphatic rings. The molecule has 140 valence electrons. The van der Waals surface area contributed by atoms with Gasteiger partial charge in [0.15, 0.2) is 0 Å². The number of aromatic amines is 1. The smallest absolute Gasteiger partial charge is 0.272 e. The number of imidazole rings is 1. The van der Waals surface area contributed by atoms with Crippen molar-refractivity contribution < 1.29 is 8.78 Å². The molecule has 6 nitrogen and oxygen atoms in total. The topological polar surface area (TPSA) is 75.6 Å². The van der Waals surface area contributed by atoms with Crippen LogP contribution >= 0.6 is 0 Å². The van der Waals surface area contributed by atoms with Crippen LogP contribution in [0, 0.1) is 11.6 Å². The molecular weight excluding hydrogens is 364 g/mol. The van der Waals surface area contributed by atoms with Crippen LogP contribution in [-0.2, 0) is 7.05 Å². The van der Waals surface area contributed by atoms with Crippen LogP contribution in [0.5, 0.6) is 0 Å². The molecular formula is C20H15F2N5O. The Hall–Kier alpha value is -3.55. The summed E-state index contributed by atoms with van der Waals surface area (Å²) in [5.41, 5.74) is 1.41. The van der Waals surface area contributed by atoms with Gasteiger partial charge in [-0.05, 0) is 29.8 Å². The molecule has 2 atom stereocenters. The van der Waals surface area contributed by atoms with E-state index >= 15 is 0 Å². The minimum absolute atomic E-state index is 0.220. The molecule has 2 aromatic carbocycles. The number of aryl methyl sites for hydroxylation is 1. The Morgan fingerprint density at radius 3 is 2.61 bits per heavy atom. The molecule has 4 aromatic rings. The van der Waals surface area contributed by atoms with Gasteiger partial charge in [0.2, 0.25) is 0 Å². The zero-order chi connectivity index (χ0) is 19.4. The summed E-state index contributed by atoms with van der Waals surface area (Å²) in [6, 6.07) is 8.30. The van der Waals surface area contributed by atoms with Crippen LogP contribution in [0.2, 0.25) is 0 Å². The van der Waals surface area contributed by atoms with Gasteiger partial charge in [0, 0.05) is 30.5 Å². The third kappa shape index (κ3) is 2.41. The fourth-order valence-electron chi connectivity index (χ4n) is 3.95. The van der Waals surface area contributed by atoms with Gasteiger partial charge in [-0.2, -0.15) is 5.10 Å². The van der Waals surface area contributed by atoms with Gasteiger partial charge in [0.25, 0.3) is 5.56 Å². The van der Waals surface area contributed by atoms with Crippen LogP contribution in [0.3, 0.4) is 0 Å². The fourth-order valence-corrected chi connectivity index (χ4v) is 3.95. The second-order valence-electron chi connectivity index (χ2n) is 6.86. The number of H-pyrrole nitrogens is 1. The first-order chi connectivity index (χ1) is 13.5. The molecule has 0 fully saturated rings. The second kappa shape index (κ2) is 5.98. The van der Waals surface area contributed by atoms with Gasteiger partial charge >= 0.3 is 0 Å². The van der Waals surface area contributed by atoms with E-state index in [0.717, 1.165) is 5.56 Å². The van der Waals surface area contributed by atoms with Crippen molar-refractivity contribution in [3.05, 3.63) is 87.9 Å². The van der Waals surface area contributed by atoms with Crippen molar-refractivity contribution in [2.75, 3.05) is 5.32 Å². The van der Waals surface area contributed by atoms with Crippen LogP contribution in [0.25, 0.3) is 10.8 Å². The molecule has 8 heteroatoms. The molecule has 0 spiro atoms. The van der Waals surface area contributed by atoms with Gasteiger partial charge in [-0.1, -0.05) is 12.1 Å². The molecule has 2 N–H and O–H groups in total. The summed E-state index contributed by atoms with van der Waals surface area (Å²) in [5.74, 6) is -0.510. The minimum Gasteiger partial charge on any atom is -0.374 e. The number of halogens is 2. The van der Waals surface area contributed by atoms with E-state index in [1.54, 1.807) is 18.3 Å². The molecule has 0 saturated heterocycles. The summed E-state index contributed by atoms with van der Waals surface area (Å²) in [7, 11) is 1.86. The van der Waals surface area contributed by atoms with Crippen molar-refractivity contribution in [2.45, 2.75) is 12.0 Å². The number of nitrogens with zero attached hydrogens (tertiary/aromatic N) is 3. The molecule has 3 heterocycles. The van der Waals surface area contributed by atoms with Crippen LogP contribution in [0.4, 0.5) is 14.5 Å². The third-order valence-corrected chi connectivity index (χ3v) is 5.19. The average Bonchev–Trinajstić information content (AvgIpc) is 3.10. The summed E-state index contributed by atoms with van der Waals surface area (Å²) in [6.45, 7) is 0. The standard InChI is InChI=1S/C20H15F2N5O/c1-27-7-6-23-19(27)18-15(10-2-4-11(21)5-3-10)17-16-13(20(28)26-25-17)8-12(22)9-14(16)24-18/h2-9,15,18,24H,1H3,(H,26,28). The average molecular weight is 379 g/mol. The number of aromatic nitrogens is 4. The van der Waals surface area contributed by atoms with Gasteiger partial charge < -0.3 is 9.88 Å². The summed E-state index contributed by atoms with van der Waals surface area (Å²) in [5, 5.41) is 10.9. The predicted molar refractivity (Wildman–Crippen MR) is 100 cm³/mol. The first kappa shape index (κ1) is 16.6. The number of hydrogen-bond donors (Lipinski definition) is 2. The lowest BCUT2D eigenvalue weighted by molar-refractivity contribution is 0.577. The normalized spacial score (nSPS) is 18.2. The molecule has 5 rings (SSSR count). The lowest BCUT2D eigenvalue weighted by atomic mass is 9.82. The molecule has 0 aliphatic carbocycles. The Bertz CT molecular complexity index is 1260. The van der Waals surface area contributed by atoms with Crippen molar-refractivity contribution in [1.82, 2.24) is 19.7 Å². The van der Waals surface area contributed by atoms with Crippen LogP contribution in [0.15, 0.2) is 53.6 Å². The second-order valence-corrected chi connectivity index (χ2v) is 6.86. The van der Waals surface area contributed by atoms with Crippen molar-refractivity contribution in [2.24, 2.45) is 7.05 Å². The lowest BCUT2D eigenvalue weighted by Crippen LogP contribution is -2.30. The van der Waals surface area contributed by atoms with Gasteiger partial charge in [-0.15, -0.1) is 0 Å². The van der Waals surface area contributed by atoms with E-state index in [1.807, 2.05) is 17.8 Å². The highest BCUT2D eigenvalue weighted by Crippen LogP contribution is 2.45. The predicted octanol–water partition coefficient (Wildman–Crippen LogP) is 3.23. The fraction of sp³-hybridized carbons (Fsp3) is 0.150. The van der Waals surface area contributed by atoms with Gasteiger partial charge in [-0.25, -0.2) is 18.9 Å². The van der Waals surface area contributed by atoms with E-state index in [1.165, 1.54) is 24.3 Å². The number of nitrogens with one attached hydrogen (secondary N) is 2. The van der Waals surface area contributed by atoms with Crippen molar-refractivity contribution in [3.63, 3.8) is 0 Å². The Morgan fingerprint density at radius 1 is 1.11 bits per heavy atom. The van der Waals surface area contributed by atoms with E-state index in [0.29, 0.717) is 22.6 Å². The zero-order valence-corrected chi connectivity index (χ0v) is 14.8. The monoisotopic (exact) mass is 379 g/mol. The van der Waals surface area contributed by atoms with Crippen molar-refractivity contribution >= 4 is 16.5 Å². The van der Waals surface area contributed by atoms with Gasteiger partial charge in [-0.3, -0.25) is 4.79 Å². The Morgan fingerprint density at radius 2 is 1.89 bits per heavy atom. The minimum atomic E-state index is -0.517. The quantitative estimate of drug-likeness (QED) is 0.561. The number of benzene rings is 2. The van der Waals surface area contributed by atoms with Gasteiger partial charge in [0.1, 0.15) is 17.5 Å². The molecule has 0 saturated carbocycles. The van der Waals surface area contributed by atoms with Crippen molar-refractivity contribution in [1.29, 1.82) is 0 Å². The number of anilines is 1. The first-order valence-electron chi connectivity index (χ1n) is 8.74. The largest absolute Gasteiger partial charge is 0.374 e. The highest BCUT2D eigenvalue weighted by atomic mass is 19.1. The van der Waals surface area contributed by atoms with E-state index in [4.69, 9.17) is 0 Å². The van der Waals surface area contributed by atoms with Crippen molar-refractivity contribution in [3.8, 4) is 0 Å². The van der Waals surface area contributed by atoms with E-state index in [-0.39, 0.29) is 23.2 Å². The lowest BCUT2D eigenvalue weighted by Gasteiger charge is -2.34. The highest BCUT2D eigenvalue weighted by molar-refractivity contribution is 5.97. The summed E-state index contributed by atoms with van der Waals surface area (Å²) in [4.78, 5) is 16.7. The van der Waals surface area contributed by atoms with E-state index < -0.39 is 11.4 Å².